The van der Waals surface area contributed by atoms with Crippen molar-refractivity contribution < 1.29 is 9.18 Å². The molecule has 0 saturated carbocycles. The Bertz CT molecular complexity index is 576. The molecular weight excluding hydrogens is 257 g/mol. The third kappa shape index (κ3) is 3.78. The van der Waals surface area contributed by atoms with Crippen molar-refractivity contribution in [1.82, 2.24) is 15.3 Å². The first-order valence-electron chi connectivity index (χ1n) is 6.42. The van der Waals surface area contributed by atoms with E-state index < -0.39 is 0 Å². The molecule has 1 aromatic heterocycles. The van der Waals surface area contributed by atoms with Crippen LogP contribution < -0.4 is 5.32 Å². The Hall–Kier alpha value is -2.43. The highest BCUT2D eigenvalue weighted by Crippen LogP contribution is 2.11. The first kappa shape index (κ1) is 14.0. The molecule has 1 amide bonds. The normalized spacial score (nSPS) is 12.5. The maximum atomic E-state index is 12.7. The summed E-state index contributed by atoms with van der Waals surface area (Å²) in [7, 11) is 0. The number of imidazole rings is 1. The minimum absolute atomic E-state index is 0.143. The van der Waals surface area contributed by atoms with Crippen molar-refractivity contribution in [2.45, 2.75) is 19.4 Å². The summed E-state index contributed by atoms with van der Waals surface area (Å²) in [6, 6.07) is 5.80. The molecule has 4 nitrogen and oxygen atoms in total. The highest BCUT2D eigenvalue weighted by molar-refractivity contribution is 5.91. The molecule has 20 heavy (non-hydrogen) atoms. The van der Waals surface area contributed by atoms with Gasteiger partial charge in [0, 0.05) is 18.5 Å². The van der Waals surface area contributed by atoms with Crippen LogP contribution in [0.3, 0.4) is 0 Å². The first-order chi connectivity index (χ1) is 9.69. The van der Waals surface area contributed by atoms with Gasteiger partial charge in [-0.15, -0.1) is 0 Å². The number of aromatic amines is 1. The number of rotatable bonds is 5. The number of nitrogens with zero attached hydrogens (tertiary/aromatic N) is 1. The Labute approximate surface area is 116 Å². The molecule has 1 unspecified atom stereocenters. The van der Waals surface area contributed by atoms with Crippen LogP contribution in [0, 0.1) is 5.82 Å². The number of benzene rings is 1. The van der Waals surface area contributed by atoms with Gasteiger partial charge in [-0.3, -0.25) is 4.79 Å². The maximum Gasteiger partial charge on any atom is 0.244 e. The van der Waals surface area contributed by atoms with Crippen molar-refractivity contribution in [3.8, 4) is 0 Å². The fourth-order valence-corrected chi connectivity index (χ4v) is 1.80. The highest BCUT2D eigenvalue weighted by atomic mass is 19.1. The molecule has 0 aliphatic rings. The molecule has 0 fully saturated rings. The minimum atomic E-state index is -0.296. The van der Waals surface area contributed by atoms with Gasteiger partial charge in [0.15, 0.2) is 0 Å². The number of carbonyl (C=O) groups excluding carboxylic acids is 1. The zero-order chi connectivity index (χ0) is 14.4. The van der Waals surface area contributed by atoms with Crippen LogP contribution in [0.25, 0.3) is 6.08 Å². The van der Waals surface area contributed by atoms with E-state index in [1.54, 1.807) is 30.6 Å². The fourth-order valence-electron chi connectivity index (χ4n) is 1.80. The van der Waals surface area contributed by atoms with E-state index in [9.17, 15) is 9.18 Å². The number of hydrogen-bond donors (Lipinski definition) is 2. The van der Waals surface area contributed by atoms with Gasteiger partial charge in [-0.1, -0.05) is 19.1 Å². The standard InChI is InChI=1S/C15H16FN3O/c1-2-13(15-17-9-10-18-15)19-14(20)8-5-11-3-6-12(16)7-4-11/h3-10,13H,2H2,1H3,(H,17,18)(H,19,20)/b8-5+. The number of amides is 1. The van der Waals surface area contributed by atoms with E-state index in [0.717, 1.165) is 17.8 Å². The summed E-state index contributed by atoms with van der Waals surface area (Å²) in [5.41, 5.74) is 0.771. The van der Waals surface area contributed by atoms with E-state index in [1.165, 1.54) is 18.2 Å². The average Bonchev–Trinajstić information content (AvgIpc) is 2.98. The van der Waals surface area contributed by atoms with E-state index in [2.05, 4.69) is 15.3 Å². The molecule has 0 radical (unpaired) electrons. The van der Waals surface area contributed by atoms with Gasteiger partial charge < -0.3 is 10.3 Å². The van der Waals surface area contributed by atoms with Gasteiger partial charge >= 0.3 is 0 Å². The lowest BCUT2D eigenvalue weighted by Gasteiger charge is -2.12. The summed E-state index contributed by atoms with van der Waals surface area (Å²) >= 11 is 0. The Morgan fingerprint density at radius 2 is 2.20 bits per heavy atom. The van der Waals surface area contributed by atoms with Crippen LogP contribution in [0.4, 0.5) is 4.39 Å². The van der Waals surface area contributed by atoms with Crippen LogP contribution in [0.1, 0.15) is 30.8 Å². The van der Waals surface area contributed by atoms with Gasteiger partial charge in [0.25, 0.3) is 0 Å². The van der Waals surface area contributed by atoms with Gasteiger partial charge in [-0.25, -0.2) is 9.37 Å². The molecule has 1 heterocycles. The molecule has 104 valence electrons. The second-order valence-electron chi connectivity index (χ2n) is 4.33. The Balaban J connectivity index is 1.96. The summed E-state index contributed by atoms with van der Waals surface area (Å²) < 4.78 is 12.7. The smallest absolute Gasteiger partial charge is 0.244 e. The molecule has 1 atom stereocenters. The zero-order valence-corrected chi connectivity index (χ0v) is 11.1. The third-order valence-electron chi connectivity index (χ3n) is 2.87. The minimum Gasteiger partial charge on any atom is -0.347 e. The zero-order valence-electron chi connectivity index (χ0n) is 11.1. The quantitative estimate of drug-likeness (QED) is 0.823. The SMILES string of the molecule is CCC(NC(=O)/C=C/c1ccc(F)cc1)c1ncc[nH]1. The van der Waals surface area contributed by atoms with Crippen LogP contribution in [0.15, 0.2) is 42.7 Å². The third-order valence-corrected chi connectivity index (χ3v) is 2.87. The van der Waals surface area contributed by atoms with E-state index in [1.807, 2.05) is 6.92 Å². The second kappa shape index (κ2) is 6.65. The number of carbonyl (C=O) groups is 1. The lowest BCUT2D eigenvalue weighted by Crippen LogP contribution is -2.27. The lowest BCUT2D eigenvalue weighted by atomic mass is 10.2. The van der Waals surface area contributed by atoms with E-state index >= 15 is 0 Å². The Morgan fingerprint density at radius 3 is 2.80 bits per heavy atom. The fraction of sp³-hybridized carbons (Fsp3) is 0.200. The van der Waals surface area contributed by atoms with Crippen LogP contribution >= 0.6 is 0 Å². The number of hydrogen-bond acceptors (Lipinski definition) is 2. The van der Waals surface area contributed by atoms with Gasteiger partial charge in [0.2, 0.25) is 5.91 Å². The number of aromatic nitrogens is 2. The maximum absolute atomic E-state index is 12.7. The van der Waals surface area contributed by atoms with Crippen molar-refractivity contribution >= 4 is 12.0 Å². The number of nitrogens with one attached hydrogen (secondary N) is 2. The molecule has 0 spiro atoms. The summed E-state index contributed by atoms with van der Waals surface area (Å²) in [5.74, 6) is 0.226. The Morgan fingerprint density at radius 1 is 1.45 bits per heavy atom. The van der Waals surface area contributed by atoms with Gasteiger partial charge in [0.05, 0.1) is 6.04 Å². The Kier molecular flexibility index (Phi) is 4.65. The molecule has 0 bridgehead atoms. The van der Waals surface area contributed by atoms with Gasteiger partial charge in [-0.05, 0) is 30.2 Å². The van der Waals surface area contributed by atoms with E-state index in [0.29, 0.717) is 0 Å². The van der Waals surface area contributed by atoms with Crippen molar-refractivity contribution in [2.75, 3.05) is 0 Å². The van der Waals surface area contributed by atoms with Crippen molar-refractivity contribution in [3.05, 3.63) is 59.9 Å². The molecule has 2 N–H and O–H groups in total. The van der Waals surface area contributed by atoms with E-state index in [4.69, 9.17) is 0 Å². The summed E-state index contributed by atoms with van der Waals surface area (Å²) in [4.78, 5) is 18.9. The second-order valence-corrected chi connectivity index (χ2v) is 4.33. The molecule has 0 aliphatic carbocycles. The summed E-state index contributed by atoms with van der Waals surface area (Å²) in [6.45, 7) is 1.97. The van der Waals surface area contributed by atoms with Gasteiger partial charge in [-0.2, -0.15) is 0 Å². The average molecular weight is 273 g/mol. The molecule has 2 aromatic rings. The molecular formula is C15H16FN3O. The predicted molar refractivity (Wildman–Crippen MR) is 75.2 cm³/mol. The van der Waals surface area contributed by atoms with Gasteiger partial charge in [0.1, 0.15) is 11.6 Å². The first-order valence-corrected chi connectivity index (χ1v) is 6.42. The molecule has 1 aromatic carbocycles. The monoisotopic (exact) mass is 273 g/mol. The van der Waals surface area contributed by atoms with Crippen LogP contribution in [0.5, 0.6) is 0 Å². The number of H-pyrrole nitrogens is 1. The lowest BCUT2D eigenvalue weighted by molar-refractivity contribution is -0.117. The van der Waals surface area contributed by atoms with E-state index in [-0.39, 0.29) is 17.8 Å². The largest absolute Gasteiger partial charge is 0.347 e. The molecule has 2 rings (SSSR count). The van der Waals surface area contributed by atoms with Crippen LogP contribution in [0.2, 0.25) is 0 Å². The molecule has 0 saturated heterocycles. The van der Waals surface area contributed by atoms with Crippen molar-refractivity contribution in [1.29, 1.82) is 0 Å². The van der Waals surface area contributed by atoms with Crippen LogP contribution in [-0.2, 0) is 4.79 Å². The summed E-state index contributed by atoms with van der Waals surface area (Å²) in [5, 5.41) is 2.86. The molecule has 5 heteroatoms. The number of halogens is 1. The van der Waals surface area contributed by atoms with Crippen molar-refractivity contribution in [2.24, 2.45) is 0 Å². The van der Waals surface area contributed by atoms with Crippen molar-refractivity contribution in [3.63, 3.8) is 0 Å². The van der Waals surface area contributed by atoms with Crippen LogP contribution in [-0.4, -0.2) is 15.9 Å². The molecule has 0 aliphatic heterocycles. The highest BCUT2D eigenvalue weighted by Gasteiger charge is 2.12. The summed E-state index contributed by atoms with van der Waals surface area (Å²) in [6.07, 6.45) is 7.18. The topological polar surface area (TPSA) is 57.8 Å². The predicted octanol–water partition coefficient (Wildman–Crippen LogP) is 2.83.